The molecule has 0 saturated heterocycles. The van der Waals surface area contributed by atoms with Crippen molar-refractivity contribution in [3.05, 3.63) is 11.1 Å². The largest absolute Gasteiger partial charge is 0.311 e. The molecule has 0 saturated carbocycles. The van der Waals surface area contributed by atoms with Crippen LogP contribution >= 0.6 is 11.5 Å². The summed E-state index contributed by atoms with van der Waals surface area (Å²) in [7, 11) is 0. The number of nitrogens with one attached hydrogen (secondary N) is 1. The van der Waals surface area contributed by atoms with Crippen molar-refractivity contribution in [1.82, 2.24) is 14.9 Å². The Labute approximate surface area is 77.4 Å². The minimum atomic E-state index is 0.337. The molecule has 0 amide bonds. The molecule has 68 valence electrons. The van der Waals surface area contributed by atoms with Gasteiger partial charge in [-0.3, -0.25) is 0 Å². The van der Waals surface area contributed by atoms with Gasteiger partial charge in [0.15, 0.2) is 0 Å². The summed E-state index contributed by atoms with van der Waals surface area (Å²) in [4.78, 5) is 0. The van der Waals surface area contributed by atoms with Crippen LogP contribution in [0.1, 0.15) is 26.5 Å². The van der Waals surface area contributed by atoms with E-state index in [0.717, 1.165) is 18.8 Å². The molecule has 0 unspecified atom stereocenters. The van der Waals surface area contributed by atoms with E-state index in [9.17, 15) is 0 Å². The van der Waals surface area contributed by atoms with Crippen molar-refractivity contribution in [3.63, 3.8) is 0 Å². The van der Waals surface area contributed by atoms with Crippen LogP contribution in [0.2, 0.25) is 0 Å². The zero-order valence-corrected chi connectivity index (χ0v) is 8.61. The van der Waals surface area contributed by atoms with Gasteiger partial charge in [0, 0.05) is 18.5 Å². The summed E-state index contributed by atoms with van der Waals surface area (Å²) < 4.78 is 3.79. The molecule has 1 aromatic heterocycles. The van der Waals surface area contributed by atoms with Gasteiger partial charge in [-0.05, 0) is 16.9 Å². The van der Waals surface area contributed by atoms with E-state index in [1.807, 2.05) is 5.38 Å². The standard InChI is InChI=1S/C8H15N3S/c1-8(2,3)6-9-4-7-5-12-11-10-7/h5,9H,4,6H2,1-3H3. The maximum Gasteiger partial charge on any atom is 0.0893 e. The molecule has 0 atom stereocenters. The Morgan fingerprint density at radius 3 is 2.75 bits per heavy atom. The summed E-state index contributed by atoms with van der Waals surface area (Å²) in [5, 5.41) is 9.24. The van der Waals surface area contributed by atoms with Crippen LogP contribution in [0.3, 0.4) is 0 Å². The van der Waals surface area contributed by atoms with Crippen molar-refractivity contribution in [1.29, 1.82) is 0 Å². The lowest BCUT2D eigenvalue weighted by Crippen LogP contribution is -2.26. The van der Waals surface area contributed by atoms with Crippen LogP contribution < -0.4 is 5.32 Å². The lowest BCUT2D eigenvalue weighted by molar-refractivity contribution is 0.378. The first-order valence-corrected chi connectivity index (χ1v) is 4.88. The third kappa shape index (κ3) is 3.78. The van der Waals surface area contributed by atoms with E-state index in [1.165, 1.54) is 11.5 Å². The fraction of sp³-hybridized carbons (Fsp3) is 0.750. The van der Waals surface area contributed by atoms with Crippen molar-refractivity contribution >= 4 is 11.5 Å². The van der Waals surface area contributed by atoms with Gasteiger partial charge >= 0.3 is 0 Å². The second-order valence-corrected chi connectivity index (χ2v) is 4.67. The Balaban J connectivity index is 2.20. The van der Waals surface area contributed by atoms with Crippen molar-refractivity contribution in [2.45, 2.75) is 27.3 Å². The van der Waals surface area contributed by atoms with Crippen LogP contribution in [0.4, 0.5) is 0 Å². The zero-order valence-electron chi connectivity index (χ0n) is 7.79. The number of rotatable bonds is 3. The summed E-state index contributed by atoms with van der Waals surface area (Å²) in [5.41, 5.74) is 1.37. The lowest BCUT2D eigenvalue weighted by atomic mass is 9.97. The quantitative estimate of drug-likeness (QED) is 0.778. The molecule has 0 bridgehead atoms. The third-order valence-corrected chi connectivity index (χ3v) is 1.92. The third-order valence-electron chi connectivity index (χ3n) is 1.37. The van der Waals surface area contributed by atoms with Crippen molar-refractivity contribution < 1.29 is 0 Å². The Kier molecular flexibility index (Phi) is 3.17. The van der Waals surface area contributed by atoms with Gasteiger partial charge in [0.2, 0.25) is 0 Å². The van der Waals surface area contributed by atoms with E-state index in [-0.39, 0.29) is 0 Å². The van der Waals surface area contributed by atoms with Crippen molar-refractivity contribution in [2.75, 3.05) is 6.54 Å². The highest BCUT2D eigenvalue weighted by molar-refractivity contribution is 7.03. The second kappa shape index (κ2) is 3.96. The Morgan fingerprint density at radius 1 is 1.50 bits per heavy atom. The first kappa shape index (κ1) is 9.61. The molecule has 1 aromatic rings. The molecule has 0 fully saturated rings. The molecule has 3 nitrogen and oxygen atoms in total. The van der Waals surface area contributed by atoms with Gasteiger partial charge in [-0.2, -0.15) is 0 Å². The van der Waals surface area contributed by atoms with E-state index in [0.29, 0.717) is 5.41 Å². The van der Waals surface area contributed by atoms with Crippen LogP contribution in [-0.2, 0) is 6.54 Å². The first-order chi connectivity index (χ1) is 5.58. The second-order valence-electron chi connectivity index (χ2n) is 4.06. The molecule has 0 aliphatic carbocycles. The van der Waals surface area contributed by atoms with Crippen LogP contribution in [-0.4, -0.2) is 16.1 Å². The number of hydrogen-bond donors (Lipinski definition) is 1. The van der Waals surface area contributed by atoms with E-state index >= 15 is 0 Å². The fourth-order valence-electron chi connectivity index (χ4n) is 0.827. The highest BCUT2D eigenvalue weighted by atomic mass is 32.1. The molecule has 1 N–H and O–H groups in total. The topological polar surface area (TPSA) is 37.8 Å². The minimum absolute atomic E-state index is 0.337. The maximum absolute atomic E-state index is 3.94. The van der Waals surface area contributed by atoms with Crippen LogP contribution in [0, 0.1) is 5.41 Å². The van der Waals surface area contributed by atoms with Gasteiger partial charge in [-0.25, -0.2) is 0 Å². The predicted octanol–water partition coefficient (Wildman–Crippen LogP) is 1.67. The van der Waals surface area contributed by atoms with E-state index < -0.39 is 0 Å². The normalized spacial score (nSPS) is 11.9. The minimum Gasteiger partial charge on any atom is -0.311 e. The molecule has 1 heterocycles. The summed E-state index contributed by atoms with van der Waals surface area (Å²) in [6, 6.07) is 0. The molecule has 1 rings (SSSR count). The van der Waals surface area contributed by atoms with Gasteiger partial charge < -0.3 is 5.32 Å². The average molecular weight is 185 g/mol. The lowest BCUT2D eigenvalue weighted by Gasteiger charge is -2.17. The summed E-state index contributed by atoms with van der Waals surface area (Å²) in [5.74, 6) is 0. The maximum atomic E-state index is 3.94. The molecular weight excluding hydrogens is 170 g/mol. The van der Waals surface area contributed by atoms with Crippen molar-refractivity contribution in [2.24, 2.45) is 5.41 Å². The highest BCUT2D eigenvalue weighted by Crippen LogP contribution is 2.10. The molecule has 0 aromatic carbocycles. The first-order valence-electron chi connectivity index (χ1n) is 4.04. The highest BCUT2D eigenvalue weighted by Gasteiger charge is 2.08. The molecule has 12 heavy (non-hydrogen) atoms. The Bertz CT molecular complexity index is 213. The Hall–Kier alpha value is -0.480. The van der Waals surface area contributed by atoms with Gasteiger partial charge in [-0.15, -0.1) is 5.10 Å². The van der Waals surface area contributed by atoms with Gasteiger partial charge in [0.25, 0.3) is 0 Å². The molecular formula is C8H15N3S. The molecule has 0 aliphatic rings. The van der Waals surface area contributed by atoms with Crippen LogP contribution in [0.25, 0.3) is 0 Å². The fourth-order valence-corrected chi connectivity index (χ4v) is 1.28. The van der Waals surface area contributed by atoms with Gasteiger partial charge in [-0.1, -0.05) is 25.3 Å². The van der Waals surface area contributed by atoms with Gasteiger partial charge in [0.1, 0.15) is 0 Å². The van der Waals surface area contributed by atoms with Gasteiger partial charge in [0.05, 0.1) is 5.69 Å². The van der Waals surface area contributed by atoms with Crippen molar-refractivity contribution in [3.8, 4) is 0 Å². The molecule has 0 aliphatic heterocycles. The molecule has 0 radical (unpaired) electrons. The van der Waals surface area contributed by atoms with Crippen LogP contribution in [0.15, 0.2) is 5.38 Å². The zero-order chi connectivity index (χ0) is 9.03. The summed E-state index contributed by atoms with van der Waals surface area (Å²) >= 11 is 1.40. The smallest absolute Gasteiger partial charge is 0.0893 e. The average Bonchev–Trinajstić information content (AvgIpc) is 2.36. The molecule has 4 heteroatoms. The van der Waals surface area contributed by atoms with E-state index in [2.05, 4.69) is 35.7 Å². The summed E-state index contributed by atoms with van der Waals surface area (Å²) in [6.45, 7) is 8.45. The monoisotopic (exact) mass is 185 g/mol. The van der Waals surface area contributed by atoms with Crippen LogP contribution in [0.5, 0.6) is 0 Å². The number of hydrogen-bond acceptors (Lipinski definition) is 4. The number of nitrogens with zero attached hydrogens (tertiary/aromatic N) is 2. The predicted molar refractivity (Wildman–Crippen MR) is 51.1 cm³/mol. The summed E-state index contributed by atoms with van der Waals surface area (Å²) in [6.07, 6.45) is 0. The number of aromatic nitrogens is 2. The SMILES string of the molecule is CC(C)(C)CNCc1csnn1. The van der Waals surface area contributed by atoms with E-state index in [4.69, 9.17) is 0 Å². The Morgan fingerprint density at radius 2 is 2.25 bits per heavy atom. The van der Waals surface area contributed by atoms with E-state index in [1.54, 1.807) is 0 Å². The molecule has 0 spiro atoms.